The fraction of sp³-hybridized carbons (Fsp3) is 0.200. The quantitative estimate of drug-likeness (QED) is 0.812. The number of para-hydroxylation sites is 1. The van der Waals surface area contributed by atoms with Gasteiger partial charge in [-0.05, 0) is 52.3 Å². The van der Waals surface area contributed by atoms with Gasteiger partial charge in [-0.1, -0.05) is 43.3 Å². The first kappa shape index (κ1) is 12.4. The van der Waals surface area contributed by atoms with Crippen LogP contribution >= 0.6 is 22.6 Å². The fourth-order valence-corrected chi connectivity index (χ4v) is 2.45. The van der Waals surface area contributed by atoms with E-state index in [2.05, 4.69) is 83.4 Å². The van der Waals surface area contributed by atoms with Crippen molar-refractivity contribution in [2.24, 2.45) is 0 Å². The number of anilines is 1. The summed E-state index contributed by atoms with van der Waals surface area (Å²) in [5.41, 5.74) is 4.01. The summed E-state index contributed by atoms with van der Waals surface area (Å²) in [6, 6.07) is 17.0. The van der Waals surface area contributed by atoms with Crippen molar-refractivity contribution in [2.75, 3.05) is 5.32 Å². The standard InChI is InChI=1S/C15H16IN/c1-2-12-7-3-4-8-13(12)11-17-15-10-6-5-9-14(15)16/h3-10,17H,2,11H2,1H3. The summed E-state index contributed by atoms with van der Waals surface area (Å²) < 4.78 is 1.26. The van der Waals surface area contributed by atoms with Crippen molar-refractivity contribution >= 4 is 28.3 Å². The van der Waals surface area contributed by atoms with E-state index in [1.807, 2.05) is 0 Å². The Labute approximate surface area is 116 Å². The zero-order chi connectivity index (χ0) is 12.1. The highest BCUT2D eigenvalue weighted by atomic mass is 127. The molecule has 2 aromatic carbocycles. The van der Waals surface area contributed by atoms with Crippen molar-refractivity contribution in [3.05, 3.63) is 63.2 Å². The van der Waals surface area contributed by atoms with Gasteiger partial charge in [-0.25, -0.2) is 0 Å². The Balaban J connectivity index is 2.10. The molecule has 88 valence electrons. The first-order valence-corrected chi connectivity index (χ1v) is 6.94. The predicted octanol–water partition coefficient (Wildman–Crippen LogP) is 4.47. The number of hydrogen-bond acceptors (Lipinski definition) is 1. The molecule has 2 heteroatoms. The first-order chi connectivity index (χ1) is 8.31. The Morgan fingerprint density at radius 1 is 0.941 bits per heavy atom. The Kier molecular flexibility index (Phi) is 4.42. The minimum absolute atomic E-state index is 0.893. The van der Waals surface area contributed by atoms with E-state index in [0.717, 1.165) is 13.0 Å². The van der Waals surface area contributed by atoms with Crippen LogP contribution in [0, 0.1) is 3.57 Å². The van der Waals surface area contributed by atoms with Crippen molar-refractivity contribution in [1.82, 2.24) is 0 Å². The molecule has 1 N–H and O–H groups in total. The van der Waals surface area contributed by atoms with Crippen LogP contribution < -0.4 is 5.32 Å². The SMILES string of the molecule is CCc1ccccc1CNc1ccccc1I. The second-order valence-electron chi connectivity index (χ2n) is 3.96. The minimum Gasteiger partial charge on any atom is -0.380 e. The van der Waals surface area contributed by atoms with Crippen molar-refractivity contribution in [3.63, 3.8) is 0 Å². The Hall–Kier alpha value is -1.03. The maximum atomic E-state index is 3.50. The molecule has 2 aromatic rings. The normalized spacial score (nSPS) is 10.2. The molecule has 0 radical (unpaired) electrons. The number of hydrogen-bond donors (Lipinski definition) is 1. The van der Waals surface area contributed by atoms with Crippen LogP contribution in [0.1, 0.15) is 18.1 Å². The molecule has 0 saturated carbocycles. The van der Waals surface area contributed by atoms with Gasteiger partial charge in [0.25, 0.3) is 0 Å². The first-order valence-electron chi connectivity index (χ1n) is 5.86. The summed E-state index contributed by atoms with van der Waals surface area (Å²) in [5, 5.41) is 3.50. The van der Waals surface area contributed by atoms with Crippen molar-refractivity contribution in [1.29, 1.82) is 0 Å². The molecule has 0 aliphatic rings. The number of nitrogens with one attached hydrogen (secondary N) is 1. The second-order valence-corrected chi connectivity index (χ2v) is 5.12. The van der Waals surface area contributed by atoms with E-state index in [9.17, 15) is 0 Å². The molecule has 0 spiro atoms. The van der Waals surface area contributed by atoms with Crippen molar-refractivity contribution in [3.8, 4) is 0 Å². The molecular formula is C15H16IN. The summed E-state index contributed by atoms with van der Waals surface area (Å²) in [4.78, 5) is 0. The average Bonchev–Trinajstić information content (AvgIpc) is 2.38. The topological polar surface area (TPSA) is 12.0 Å². The summed E-state index contributed by atoms with van der Waals surface area (Å²) in [6.45, 7) is 3.09. The van der Waals surface area contributed by atoms with Crippen LogP contribution in [0.5, 0.6) is 0 Å². The van der Waals surface area contributed by atoms with E-state index in [0.29, 0.717) is 0 Å². The number of halogens is 1. The monoisotopic (exact) mass is 337 g/mol. The molecule has 0 aliphatic heterocycles. The lowest BCUT2D eigenvalue weighted by Crippen LogP contribution is -2.03. The highest BCUT2D eigenvalue weighted by molar-refractivity contribution is 14.1. The highest BCUT2D eigenvalue weighted by Gasteiger charge is 2.01. The molecule has 0 saturated heterocycles. The van der Waals surface area contributed by atoms with Gasteiger partial charge in [0.05, 0.1) is 0 Å². The van der Waals surface area contributed by atoms with Crippen LogP contribution in [-0.4, -0.2) is 0 Å². The third-order valence-corrected chi connectivity index (χ3v) is 3.78. The molecule has 2 rings (SSSR count). The molecule has 0 amide bonds. The molecule has 0 fully saturated rings. The number of benzene rings is 2. The van der Waals surface area contributed by atoms with Gasteiger partial charge in [-0.3, -0.25) is 0 Å². The van der Waals surface area contributed by atoms with E-state index in [1.54, 1.807) is 0 Å². The molecule has 0 unspecified atom stereocenters. The zero-order valence-electron chi connectivity index (χ0n) is 9.91. The molecule has 0 bridgehead atoms. The van der Waals surface area contributed by atoms with Gasteiger partial charge < -0.3 is 5.32 Å². The van der Waals surface area contributed by atoms with Crippen molar-refractivity contribution < 1.29 is 0 Å². The molecule has 0 aromatic heterocycles. The summed E-state index contributed by atoms with van der Waals surface area (Å²) >= 11 is 2.36. The lowest BCUT2D eigenvalue weighted by molar-refractivity contribution is 1.04. The van der Waals surface area contributed by atoms with E-state index < -0.39 is 0 Å². The molecule has 0 aliphatic carbocycles. The fourth-order valence-electron chi connectivity index (χ4n) is 1.87. The smallest absolute Gasteiger partial charge is 0.0478 e. The van der Waals surface area contributed by atoms with E-state index in [-0.39, 0.29) is 0 Å². The summed E-state index contributed by atoms with van der Waals surface area (Å²) in [6.07, 6.45) is 1.09. The van der Waals surface area contributed by atoms with Gasteiger partial charge in [-0.15, -0.1) is 0 Å². The average molecular weight is 337 g/mol. The van der Waals surface area contributed by atoms with Gasteiger partial charge in [0.15, 0.2) is 0 Å². The lowest BCUT2D eigenvalue weighted by Gasteiger charge is -2.11. The zero-order valence-corrected chi connectivity index (χ0v) is 12.1. The summed E-state index contributed by atoms with van der Waals surface area (Å²) in [5.74, 6) is 0. The van der Waals surface area contributed by atoms with Gasteiger partial charge in [0.2, 0.25) is 0 Å². The van der Waals surface area contributed by atoms with Gasteiger partial charge in [0.1, 0.15) is 0 Å². The van der Waals surface area contributed by atoms with Gasteiger partial charge in [0, 0.05) is 15.8 Å². The number of aryl methyl sites for hydroxylation is 1. The maximum absolute atomic E-state index is 3.50. The van der Waals surface area contributed by atoms with Crippen LogP contribution in [-0.2, 0) is 13.0 Å². The van der Waals surface area contributed by atoms with Crippen LogP contribution in [0.3, 0.4) is 0 Å². The highest BCUT2D eigenvalue weighted by Crippen LogP contribution is 2.19. The molecular weight excluding hydrogens is 321 g/mol. The van der Waals surface area contributed by atoms with E-state index in [4.69, 9.17) is 0 Å². The molecule has 1 nitrogen and oxygen atoms in total. The third kappa shape index (κ3) is 3.22. The Morgan fingerprint density at radius 3 is 2.29 bits per heavy atom. The maximum Gasteiger partial charge on any atom is 0.0478 e. The van der Waals surface area contributed by atoms with E-state index >= 15 is 0 Å². The lowest BCUT2D eigenvalue weighted by atomic mass is 10.1. The van der Waals surface area contributed by atoms with Crippen LogP contribution in [0.25, 0.3) is 0 Å². The van der Waals surface area contributed by atoms with E-state index in [1.165, 1.54) is 20.4 Å². The largest absolute Gasteiger partial charge is 0.380 e. The van der Waals surface area contributed by atoms with Crippen LogP contribution in [0.4, 0.5) is 5.69 Å². The van der Waals surface area contributed by atoms with Crippen LogP contribution in [0.2, 0.25) is 0 Å². The molecule has 0 atom stereocenters. The molecule has 0 heterocycles. The third-order valence-electron chi connectivity index (χ3n) is 2.84. The van der Waals surface area contributed by atoms with Gasteiger partial charge in [-0.2, -0.15) is 0 Å². The molecule has 17 heavy (non-hydrogen) atoms. The predicted molar refractivity (Wildman–Crippen MR) is 82.3 cm³/mol. The van der Waals surface area contributed by atoms with Gasteiger partial charge >= 0.3 is 0 Å². The summed E-state index contributed by atoms with van der Waals surface area (Å²) in [7, 11) is 0. The Bertz CT molecular complexity index is 494. The van der Waals surface area contributed by atoms with Crippen molar-refractivity contribution in [2.45, 2.75) is 19.9 Å². The Morgan fingerprint density at radius 2 is 1.59 bits per heavy atom. The number of rotatable bonds is 4. The minimum atomic E-state index is 0.893. The second kappa shape index (κ2) is 6.05. The van der Waals surface area contributed by atoms with Crippen LogP contribution in [0.15, 0.2) is 48.5 Å².